The second-order valence-corrected chi connectivity index (χ2v) is 8.66. The number of amides is 1. The van der Waals surface area contributed by atoms with Crippen LogP contribution in [0.15, 0.2) is 48.4 Å². The minimum absolute atomic E-state index is 0.0734. The standard InChI is InChI=1S/C22H23ClN8O/c1-13(2)21-28-29-30-31(21)18-6-15(20(24)32)7-22(9-18,19-5-4-16(23)11-27-19)8-17-12-25-14(3)10-26-17/h4-6,9-13H,7-8H2,1-3H3,(H2,24,32). The van der Waals surface area contributed by atoms with E-state index in [1.54, 1.807) is 35.4 Å². The molecule has 0 spiro atoms. The number of nitrogens with two attached hydrogens (primary N) is 1. The van der Waals surface area contributed by atoms with E-state index < -0.39 is 11.3 Å². The van der Waals surface area contributed by atoms with Crippen molar-refractivity contribution in [3.63, 3.8) is 0 Å². The Morgan fingerprint density at radius 2 is 2.03 bits per heavy atom. The van der Waals surface area contributed by atoms with Crippen LogP contribution in [-0.2, 0) is 16.6 Å². The number of halogens is 1. The molecule has 1 amide bonds. The second kappa shape index (κ2) is 8.58. The molecule has 1 atom stereocenters. The first-order chi connectivity index (χ1) is 15.3. The normalized spacial score (nSPS) is 18.4. The van der Waals surface area contributed by atoms with E-state index >= 15 is 0 Å². The van der Waals surface area contributed by atoms with Crippen LogP contribution in [-0.4, -0.2) is 41.1 Å². The Hall–Kier alpha value is -3.46. The predicted octanol–water partition coefficient (Wildman–Crippen LogP) is 2.78. The van der Waals surface area contributed by atoms with Crippen LogP contribution in [0.1, 0.15) is 49.1 Å². The number of primary amides is 1. The average molecular weight is 451 g/mol. The highest BCUT2D eigenvalue weighted by atomic mass is 35.5. The molecule has 9 nitrogen and oxygen atoms in total. The Kier molecular flexibility index (Phi) is 5.84. The molecule has 10 heteroatoms. The number of allylic oxidation sites excluding steroid dienone is 3. The number of hydrogen-bond donors (Lipinski definition) is 1. The fourth-order valence-corrected chi connectivity index (χ4v) is 3.95. The topological polar surface area (TPSA) is 125 Å². The van der Waals surface area contributed by atoms with Crippen molar-refractivity contribution in [2.45, 2.75) is 44.9 Å². The van der Waals surface area contributed by atoms with E-state index in [-0.39, 0.29) is 5.92 Å². The third-order valence-corrected chi connectivity index (χ3v) is 5.62. The maximum Gasteiger partial charge on any atom is 0.244 e. The van der Waals surface area contributed by atoms with Crippen LogP contribution >= 0.6 is 11.6 Å². The zero-order chi connectivity index (χ0) is 22.9. The lowest BCUT2D eigenvalue weighted by Gasteiger charge is -2.34. The lowest BCUT2D eigenvalue weighted by atomic mass is 9.71. The number of aryl methyl sites for hydroxylation is 1. The average Bonchev–Trinajstić information content (AvgIpc) is 3.26. The molecule has 1 aliphatic rings. The predicted molar refractivity (Wildman–Crippen MR) is 119 cm³/mol. The summed E-state index contributed by atoms with van der Waals surface area (Å²) in [6.45, 7) is 5.88. The molecular weight excluding hydrogens is 428 g/mol. The van der Waals surface area contributed by atoms with Crippen LogP contribution in [0, 0.1) is 6.92 Å². The Balaban J connectivity index is 1.92. The van der Waals surface area contributed by atoms with Crippen LogP contribution in [0.25, 0.3) is 5.70 Å². The molecular formula is C22H23ClN8O. The van der Waals surface area contributed by atoms with Crippen molar-refractivity contribution < 1.29 is 4.79 Å². The van der Waals surface area contributed by atoms with Crippen molar-refractivity contribution in [3.05, 3.63) is 76.4 Å². The largest absolute Gasteiger partial charge is 0.366 e. The highest BCUT2D eigenvalue weighted by molar-refractivity contribution is 6.30. The third kappa shape index (κ3) is 4.29. The monoisotopic (exact) mass is 450 g/mol. The summed E-state index contributed by atoms with van der Waals surface area (Å²) in [4.78, 5) is 25.9. The van der Waals surface area contributed by atoms with Gasteiger partial charge in [0.05, 0.1) is 27.8 Å². The van der Waals surface area contributed by atoms with Gasteiger partial charge in [-0.1, -0.05) is 25.4 Å². The minimum atomic E-state index is -0.733. The number of rotatable bonds is 6. The third-order valence-electron chi connectivity index (χ3n) is 5.39. The van der Waals surface area contributed by atoms with E-state index in [4.69, 9.17) is 17.3 Å². The highest BCUT2D eigenvalue weighted by Crippen LogP contribution is 2.41. The first kappa shape index (κ1) is 21.8. The second-order valence-electron chi connectivity index (χ2n) is 8.23. The smallest absolute Gasteiger partial charge is 0.244 e. The van der Waals surface area contributed by atoms with Crippen LogP contribution in [0.2, 0.25) is 5.02 Å². The first-order valence-electron chi connectivity index (χ1n) is 10.2. The summed E-state index contributed by atoms with van der Waals surface area (Å²) >= 11 is 6.10. The van der Waals surface area contributed by atoms with E-state index in [2.05, 4.69) is 30.5 Å². The number of carbonyl (C=O) groups is 1. The molecule has 1 aliphatic carbocycles. The van der Waals surface area contributed by atoms with Crippen LogP contribution in [0.3, 0.4) is 0 Å². The Morgan fingerprint density at radius 3 is 2.66 bits per heavy atom. The van der Waals surface area contributed by atoms with Crippen molar-refractivity contribution in [1.29, 1.82) is 0 Å². The fraction of sp³-hybridized carbons (Fsp3) is 0.318. The molecule has 3 heterocycles. The molecule has 4 rings (SSSR count). The molecule has 0 aromatic carbocycles. The number of nitrogens with zero attached hydrogens (tertiary/aromatic N) is 7. The number of pyridine rings is 1. The fourth-order valence-electron chi connectivity index (χ4n) is 3.84. The summed E-state index contributed by atoms with van der Waals surface area (Å²) in [5.74, 6) is 0.235. The van der Waals surface area contributed by atoms with Crippen molar-refractivity contribution in [1.82, 2.24) is 35.2 Å². The maximum absolute atomic E-state index is 12.4. The van der Waals surface area contributed by atoms with Gasteiger partial charge in [-0.15, -0.1) is 5.10 Å². The van der Waals surface area contributed by atoms with Crippen molar-refractivity contribution >= 4 is 23.2 Å². The number of aromatic nitrogens is 7. The molecule has 164 valence electrons. The van der Waals surface area contributed by atoms with Crippen molar-refractivity contribution in [2.24, 2.45) is 5.73 Å². The van der Waals surface area contributed by atoms with Crippen LogP contribution in [0.4, 0.5) is 0 Å². The first-order valence-corrected chi connectivity index (χ1v) is 10.6. The van der Waals surface area contributed by atoms with Gasteiger partial charge < -0.3 is 5.73 Å². The molecule has 32 heavy (non-hydrogen) atoms. The van der Waals surface area contributed by atoms with Crippen molar-refractivity contribution in [2.75, 3.05) is 0 Å². The quantitative estimate of drug-likeness (QED) is 0.611. The summed E-state index contributed by atoms with van der Waals surface area (Å²) in [6, 6.07) is 3.63. The van der Waals surface area contributed by atoms with Gasteiger partial charge in [-0.05, 0) is 48.1 Å². The van der Waals surface area contributed by atoms with Gasteiger partial charge in [0.15, 0.2) is 5.82 Å². The molecule has 0 saturated carbocycles. The van der Waals surface area contributed by atoms with E-state index in [9.17, 15) is 4.79 Å². The summed E-state index contributed by atoms with van der Waals surface area (Å²) in [5.41, 5.74) is 8.42. The molecule has 0 radical (unpaired) electrons. The highest BCUT2D eigenvalue weighted by Gasteiger charge is 2.38. The van der Waals surface area contributed by atoms with Crippen LogP contribution < -0.4 is 5.73 Å². The van der Waals surface area contributed by atoms with Crippen molar-refractivity contribution in [3.8, 4) is 0 Å². The molecule has 0 fully saturated rings. The molecule has 2 N–H and O–H groups in total. The summed E-state index contributed by atoms with van der Waals surface area (Å²) < 4.78 is 1.64. The van der Waals surface area contributed by atoms with Gasteiger partial charge in [0.1, 0.15) is 0 Å². The summed E-state index contributed by atoms with van der Waals surface area (Å²) in [7, 11) is 0. The Morgan fingerprint density at radius 1 is 1.22 bits per heavy atom. The number of tetrazole rings is 1. The molecule has 0 bridgehead atoms. The summed E-state index contributed by atoms with van der Waals surface area (Å²) in [5, 5.41) is 12.7. The maximum atomic E-state index is 12.4. The van der Waals surface area contributed by atoms with Gasteiger partial charge in [0.25, 0.3) is 0 Å². The Bertz CT molecular complexity index is 1200. The number of carbonyl (C=O) groups excluding carboxylic acids is 1. The number of hydrogen-bond acceptors (Lipinski definition) is 7. The van der Waals surface area contributed by atoms with Gasteiger partial charge in [0, 0.05) is 41.9 Å². The van der Waals surface area contributed by atoms with Gasteiger partial charge in [-0.3, -0.25) is 19.7 Å². The minimum Gasteiger partial charge on any atom is -0.366 e. The SMILES string of the molecule is Cc1cnc(CC2(c3ccc(Cl)cn3)C=C(n3nnnc3C(C)C)C=C(C(N)=O)C2)cn1. The van der Waals surface area contributed by atoms with Gasteiger partial charge in [0.2, 0.25) is 5.91 Å². The van der Waals surface area contributed by atoms with Gasteiger partial charge in [-0.2, -0.15) is 4.68 Å². The zero-order valence-corrected chi connectivity index (χ0v) is 18.8. The molecule has 3 aromatic rings. The van der Waals surface area contributed by atoms with E-state index in [0.29, 0.717) is 35.0 Å². The van der Waals surface area contributed by atoms with E-state index in [1.807, 2.05) is 32.9 Å². The molecule has 0 aliphatic heterocycles. The van der Waals surface area contributed by atoms with E-state index in [1.165, 1.54) is 0 Å². The summed E-state index contributed by atoms with van der Waals surface area (Å²) in [6.07, 6.45) is 9.59. The molecule has 0 saturated heterocycles. The van der Waals surface area contributed by atoms with Gasteiger partial charge >= 0.3 is 0 Å². The lowest BCUT2D eigenvalue weighted by molar-refractivity contribution is -0.114. The molecule has 1 unspecified atom stereocenters. The molecule has 3 aromatic heterocycles. The van der Waals surface area contributed by atoms with E-state index in [0.717, 1.165) is 17.1 Å². The lowest BCUT2D eigenvalue weighted by Crippen LogP contribution is -2.35. The van der Waals surface area contributed by atoms with Gasteiger partial charge in [-0.25, -0.2) is 0 Å². The Labute approximate surface area is 190 Å². The zero-order valence-electron chi connectivity index (χ0n) is 18.0. The van der Waals surface area contributed by atoms with Crippen LogP contribution in [0.5, 0.6) is 0 Å².